The quantitative estimate of drug-likeness (QED) is 0.779. The number of piperazine rings is 1. The zero-order valence-electron chi connectivity index (χ0n) is 15.3. The maximum Gasteiger partial charge on any atom is 0.230 e. The van der Waals surface area contributed by atoms with Gasteiger partial charge in [-0.1, -0.05) is 33.6 Å². The van der Waals surface area contributed by atoms with Gasteiger partial charge in [-0.15, -0.1) is 12.4 Å². The molecule has 2 heterocycles. The van der Waals surface area contributed by atoms with E-state index in [0.29, 0.717) is 38.0 Å². The SMILES string of the molecule is CC(C)(C)C(=O)N1CCN(C(=O)[C@@]23CCCC[C@H]2CNC3)CC1.Cl. The summed E-state index contributed by atoms with van der Waals surface area (Å²) in [6, 6.07) is 0. The largest absolute Gasteiger partial charge is 0.339 e. The Balaban J connectivity index is 0.00000208. The van der Waals surface area contributed by atoms with Crippen LogP contribution in [0.3, 0.4) is 0 Å². The Morgan fingerprint density at radius 3 is 2.29 bits per heavy atom. The predicted molar refractivity (Wildman–Crippen MR) is 97.1 cm³/mol. The van der Waals surface area contributed by atoms with Crippen molar-refractivity contribution in [2.45, 2.75) is 46.5 Å². The van der Waals surface area contributed by atoms with Crippen LogP contribution in [-0.4, -0.2) is 60.9 Å². The summed E-state index contributed by atoms with van der Waals surface area (Å²) < 4.78 is 0. The number of rotatable bonds is 1. The molecule has 0 radical (unpaired) electrons. The Bertz CT molecular complexity index is 483. The molecular weight excluding hydrogens is 326 g/mol. The van der Waals surface area contributed by atoms with E-state index in [-0.39, 0.29) is 29.1 Å². The van der Waals surface area contributed by atoms with Crippen molar-refractivity contribution in [1.29, 1.82) is 0 Å². The topological polar surface area (TPSA) is 52.7 Å². The van der Waals surface area contributed by atoms with Crippen LogP contribution in [0.15, 0.2) is 0 Å². The molecule has 1 saturated carbocycles. The summed E-state index contributed by atoms with van der Waals surface area (Å²) in [5.74, 6) is 1.05. The lowest BCUT2D eigenvalue weighted by molar-refractivity contribution is -0.151. The van der Waals surface area contributed by atoms with Crippen LogP contribution in [0.2, 0.25) is 0 Å². The molecule has 0 bridgehead atoms. The Morgan fingerprint density at radius 1 is 1.04 bits per heavy atom. The van der Waals surface area contributed by atoms with Crippen molar-refractivity contribution < 1.29 is 9.59 Å². The fourth-order valence-corrected chi connectivity index (χ4v) is 4.57. The highest BCUT2D eigenvalue weighted by Gasteiger charge is 2.51. The summed E-state index contributed by atoms with van der Waals surface area (Å²) in [7, 11) is 0. The van der Waals surface area contributed by atoms with Gasteiger partial charge in [0.2, 0.25) is 11.8 Å². The molecule has 3 aliphatic rings. The van der Waals surface area contributed by atoms with Gasteiger partial charge in [-0.2, -0.15) is 0 Å². The summed E-state index contributed by atoms with van der Waals surface area (Å²) in [4.78, 5) is 29.6. The lowest BCUT2D eigenvalue weighted by Crippen LogP contribution is -2.57. The van der Waals surface area contributed by atoms with Gasteiger partial charge in [0, 0.05) is 38.1 Å². The molecule has 0 unspecified atom stereocenters. The molecule has 3 rings (SSSR count). The van der Waals surface area contributed by atoms with Crippen LogP contribution in [0.4, 0.5) is 0 Å². The highest BCUT2D eigenvalue weighted by atomic mass is 35.5. The first-order chi connectivity index (χ1) is 10.8. The number of halogens is 1. The average molecular weight is 358 g/mol. The summed E-state index contributed by atoms with van der Waals surface area (Å²) in [6.45, 7) is 10.5. The molecule has 24 heavy (non-hydrogen) atoms. The zero-order valence-corrected chi connectivity index (χ0v) is 16.1. The normalized spacial score (nSPS) is 30.5. The van der Waals surface area contributed by atoms with Crippen molar-refractivity contribution in [3.05, 3.63) is 0 Å². The van der Waals surface area contributed by atoms with Crippen molar-refractivity contribution >= 4 is 24.2 Å². The lowest BCUT2D eigenvalue weighted by atomic mass is 9.67. The smallest absolute Gasteiger partial charge is 0.230 e. The standard InChI is InChI=1S/C18H31N3O2.ClH/c1-17(2,3)15(22)20-8-10-21(11-9-20)16(23)18-7-5-4-6-14(18)12-19-13-18;/h14,19H,4-13H2,1-3H3;1H/t14-,18+;/m0./s1. The van der Waals surface area contributed by atoms with Crippen molar-refractivity contribution in [3.63, 3.8) is 0 Å². The molecule has 138 valence electrons. The van der Waals surface area contributed by atoms with Gasteiger partial charge < -0.3 is 15.1 Å². The van der Waals surface area contributed by atoms with Crippen molar-refractivity contribution in [2.24, 2.45) is 16.7 Å². The predicted octanol–water partition coefficient (Wildman–Crippen LogP) is 1.90. The minimum absolute atomic E-state index is 0. The molecule has 0 spiro atoms. The molecule has 2 aliphatic heterocycles. The first kappa shape index (κ1) is 19.5. The van der Waals surface area contributed by atoms with Crippen LogP contribution in [0, 0.1) is 16.7 Å². The van der Waals surface area contributed by atoms with Gasteiger partial charge in [-0.3, -0.25) is 9.59 Å². The Morgan fingerprint density at radius 2 is 1.67 bits per heavy atom. The third-order valence-electron chi connectivity index (χ3n) is 5.96. The summed E-state index contributed by atoms with van der Waals surface area (Å²) in [5, 5.41) is 3.46. The maximum absolute atomic E-state index is 13.2. The molecule has 0 aromatic rings. The van der Waals surface area contributed by atoms with E-state index >= 15 is 0 Å². The molecule has 0 aromatic carbocycles. The number of hydrogen-bond donors (Lipinski definition) is 1. The van der Waals surface area contributed by atoms with E-state index in [1.807, 2.05) is 30.6 Å². The van der Waals surface area contributed by atoms with Crippen LogP contribution >= 0.6 is 12.4 Å². The first-order valence-electron chi connectivity index (χ1n) is 9.14. The first-order valence-corrected chi connectivity index (χ1v) is 9.14. The van der Waals surface area contributed by atoms with E-state index in [1.165, 1.54) is 19.3 Å². The van der Waals surface area contributed by atoms with Gasteiger partial charge in [0.05, 0.1) is 5.41 Å². The second-order valence-electron chi connectivity index (χ2n) is 8.56. The number of amides is 2. The van der Waals surface area contributed by atoms with E-state index in [1.54, 1.807) is 0 Å². The zero-order chi connectivity index (χ0) is 16.7. The van der Waals surface area contributed by atoms with Gasteiger partial charge in [-0.25, -0.2) is 0 Å². The Kier molecular flexibility index (Phi) is 5.86. The van der Waals surface area contributed by atoms with Gasteiger partial charge in [0.1, 0.15) is 0 Å². The summed E-state index contributed by atoms with van der Waals surface area (Å²) >= 11 is 0. The lowest BCUT2D eigenvalue weighted by Gasteiger charge is -2.44. The summed E-state index contributed by atoms with van der Waals surface area (Å²) in [5.41, 5.74) is -0.497. The van der Waals surface area contributed by atoms with Gasteiger partial charge in [0.15, 0.2) is 0 Å². The second kappa shape index (κ2) is 7.20. The minimum atomic E-state index is -0.339. The average Bonchev–Trinajstić information content (AvgIpc) is 2.98. The minimum Gasteiger partial charge on any atom is -0.339 e. The molecule has 1 N–H and O–H groups in total. The second-order valence-corrected chi connectivity index (χ2v) is 8.56. The number of hydrogen-bond acceptors (Lipinski definition) is 3. The molecule has 0 aromatic heterocycles. The fraction of sp³-hybridized carbons (Fsp3) is 0.889. The van der Waals surface area contributed by atoms with Crippen molar-refractivity contribution in [1.82, 2.24) is 15.1 Å². The molecule has 5 nitrogen and oxygen atoms in total. The highest BCUT2D eigenvalue weighted by molar-refractivity contribution is 5.85. The van der Waals surface area contributed by atoms with Crippen LogP contribution in [-0.2, 0) is 9.59 Å². The monoisotopic (exact) mass is 357 g/mol. The van der Waals surface area contributed by atoms with E-state index in [4.69, 9.17) is 0 Å². The molecule has 2 amide bonds. The Hall–Kier alpha value is -0.810. The van der Waals surface area contributed by atoms with Crippen LogP contribution in [0.1, 0.15) is 46.5 Å². The van der Waals surface area contributed by atoms with E-state index < -0.39 is 0 Å². The highest BCUT2D eigenvalue weighted by Crippen LogP contribution is 2.45. The molecule has 3 fully saturated rings. The van der Waals surface area contributed by atoms with E-state index in [9.17, 15) is 9.59 Å². The molecule has 2 atom stereocenters. The number of fused-ring (bicyclic) bond motifs is 1. The maximum atomic E-state index is 13.2. The van der Waals surface area contributed by atoms with E-state index in [0.717, 1.165) is 19.5 Å². The molecule has 2 saturated heterocycles. The van der Waals surface area contributed by atoms with Crippen LogP contribution in [0.5, 0.6) is 0 Å². The third kappa shape index (κ3) is 3.43. The van der Waals surface area contributed by atoms with Gasteiger partial charge in [-0.05, 0) is 25.3 Å². The van der Waals surface area contributed by atoms with Crippen molar-refractivity contribution in [2.75, 3.05) is 39.3 Å². The van der Waals surface area contributed by atoms with Gasteiger partial charge >= 0.3 is 0 Å². The van der Waals surface area contributed by atoms with Crippen molar-refractivity contribution in [3.8, 4) is 0 Å². The van der Waals surface area contributed by atoms with E-state index in [2.05, 4.69) is 5.32 Å². The molecule has 6 heteroatoms. The third-order valence-corrected chi connectivity index (χ3v) is 5.96. The van der Waals surface area contributed by atoms with Crippen LogP contribution in [0.25, 0.3) is 0 Å². The molecular formula is C18H32ClN3O2. The fourth-order valence-electron chi connectivity index (χ4n) is 4.57. The summed E-state index contributed by atoms with van der Waals surface area (Å²) in [6.07, 6.45) is 4.65. The molecule has 1 aliphatic carbocycles. The number of carbonyl (C=O) groups excluding carboxylic acids is 2. The number of carbonyl (C=O) groups is 2. The van der Waals surface area contributed by atoms with Crippen LogP contribution < -0.4 is 5.32 Å². The van der Waals surface area contributed by atoms with Gasteiger partial charge in [0.25, 0.3) is 0 Å². The Labute approximate surface area is 151 Å². The number of nitrogens with one attached hydrogen (secondary N) is 1. The number of nitrogens with zero attached hydrogens (tertiary/aromatic N) is 2.